The lowest BCUT2D eigenvalue weighted by Crippen LogP contribution is -2.51. The maximum atomic E-state index is 12.8. The Labute approximate surface area is 177 Å². The molecule has 1 saturated heterocycles. The van der Waals surface area contributed by atoms with Crippen molar-refractivity contribution >= 4 is 11.6 Å². The average molecular weight is 405 g/mol. The number of carbonyl (C=O) groups is 1. The molecule has 1 aliphatic heterocycles. The van der Waals surface area contributed by atoms with Crippen LogP contribution < -0.4 is 15.0 Å². The zero-order valence-corrected chi connectivity index (χ0v) is 17.2. The van der Waals surface area contributed by atoms with E-state index in [1.165, 1.54) is 0 Å². The third-order valence-corrected chi connectivity index (χ3v) is 5.49. The van der Waals surface area contributed by atoms with Crippen molar-refractivity contribution in [2.24, 2.45) is 0 Å². The van der Waals surface area contributed by atoms with Crippen LogP contribution in [0.5, 0.6) is 5.75 Å². The predicted molar refractivity (Wildman–Crippen MR) is 117 cm³/mol. The van der Waals surface area contributed by atoms with Gasteiger partial charge in [-0.2, -0.15) is 0 Å². The molecule has 1 amide bonds. The normalized spacial score (nSPS) is 15.1. The van der Waals surface area contributed by atoms with Crippen molar-refractivity contribution in [2.75, 3.05) is 44.7 Å². The van der Waals surface area contributed by atoms with Crippen LogP contribution in [0.3, 0.4) is 0 Å². The van der Waals surface area contributed by atoms with Gasteiger partial charge < -0.3 is 19.0 Å². The number of furan rings is 1. The monoisotopic (exact) mass is 405 g/mol. The molecule has 2 aromatic carbocycles. The molecule has 0 saturated carbocycles. The van der Waals surface area contributed by atoms with Gasteiger partial charge in [-0.1, -0.05) is 30.3 Å². The number of ether oxygens (including phenoxy) is 1. The first-order valence-corrected chi connectivity index (χ1v) is 10.2. The second-order valence-corrected chi connectivity index (χ2v) is 7.31. The lowest BCUT2D eigenvalue weighted by atomic mass is 10.0. The minimum Gasteiger partial charge on any atom is -0.497 e. The van der Waals surface area contributed by atoms with Gasteiger partial charge in [0.1, 0.15) is 11.5 Å². The van der Waals surface area contributed by atoms with E-state index in [1.807, 2.05) is 59.5 Å². The predicted octanol–water partition coefficient (Wildman–Crippen LogP) is 3.32. The van der Waals surface area contributed by atoms with E-state index in [0.717, 1.165) is 35.9 Å². The van der Waals surface area contributed by atoms with Crippen molar-refractivity contribution in [3.05, 3.63) is 84.3 Å². The summed E-state index contributed by atoms with van der Waals surface area (Å²) in [6.45, 7) is 3.33. The molecule has 1 aliphatic rings. The summed E-state index contributed by atoms with van der Waals surface area (Å²) in [6, 6.07) is 21.8. The van der Waals surface area contributed by atoms with Crippen molar-refractivity contribution in [3.63, 3.8) is 0 Å². The molecule has 156 valence electrons. The largest absolute Gasteiger partial charge is 0.497 e. The smallest absolute Gasteiger partial charge is 0.236 e. The second-order valence-electron chi connectivity index (χ2n) is 7.31. The number of piperazine rings is 1. The number of rotatable bonds is 7. The molecule has 0 aliphatic carbocycles. The van der Waals surface area contributed by atoms with E-state index < -0.39 is 0 Å². The van der Waals surface area contributed by atoms with Crippen molar-refractivity contribution < 1.29 is 13.9 Å². The molecule has 6 nitrogen and oxygen atoms in total. The number of nitrogens with one attached hydrogen (secondary N) is 1. The van der Waals surface area contributed by atoms with Crippen LogP contribution in [-0.4, -0.2) is 50.6 Å². The second kappa shape index (κ2) is 9.50. The van der Waals surface area contributed by atoms with Crippen molar-refractivity contribution in [1.29, 1.82) is 0 Å². The average Bonchev–Trinajstić information content (AvgIpc) is 3.35. The Balaban J connectivity index is 1.33. The number of amides is 1. The summed E-state index contributed by atoms with van der Waals surface area (Å²) in [5.41, 5.74) is 2.23. The van der Waals surface area contributed by atoms with Crippen LogP contribution in [0, 0.1) is 0 Å². The lowest BCUT2D eigenvalue weighted by Gasteiger charge is -2.36. The molecule has 0 spiro atoms. The van der Waals surface area contributed by atoms with Crippen LogP contribution in [0.25, 0.3) is 0 Å². The van der Waals surface area contributed by atoms with E-state index in [9.17, 15) is 4.79 Å². The fourth-order valence-electron chi connectivity index (χ4n) is 3.79. The molecular formula is C24H27N3O3. The van der Waals surface area contributed by atoms with E-state index >= 15 is 0 Å². The molecule has 6 heteroatoms. The van der Waals surface area contributed by atoms with Crippen molar-refractivity contribution in [2.45, 2.75) is 6.04 Å². The summed E-state index contributed by atoms with van der Waals surface area (Å²) >= 11 is 0. The molecule has 0 unspecified atom stereocenters. The highest BCUT2D eigenvalue weighted by molar-refractivity contribution is 5.78. The number of hydrogen-bond donors (Lipinski definition) is 1. The zero-order valence-electron chi connectivity index (χ0n) is 17.2. The molecule has 1 aromatic heterocycles. The number of carbonyl (C=O) groups excluding carboxylic acids is 1. The van der Waals surface area contributed by atoms with Gasteiger partial charge in [-0.25, -0.2) is 0 Å². The Morgan fingerprint density at radius 3 is 2.37 bits per heavy atom. The highest BCUT2D eigenvalue weighted by Gasteiger charge is 2.23. The van der Waals surface area contributed by atoms with Crippen LogP contribution in [-0.2, 0) is 4.79 Å². The maximum absolute atomic E-state index is 12.8. The van der Waals surface area contributed by atoms with Crippen LogP contribution in [0.15, 0.2) is 77.4 Å². The number of anilines is 1. The fraction of sp³-hybridized carbons (Fsp3) is 0.292. The van der Waals surface area contributed by atoms with E-state index in [0.29, 0.717) is 13.1 Å². The molecule has 4 rings (SSSR count). The molecule has 0 bridgehead atoms. The Kier molecular flexibility index (Phi) is 6.35. The molecule has 0 radical (unpaired) electrons. The van der Waals surface area contributed by atoms with E-state index in [2.05, 4.69) is 22.3 Å². The summed E-state index contributed by atoms with van der Waals surface area (Å²) < 4.78 is 10.8. The first-order chi connectivity index (χ1) is 14.7. The third-order valence-electron chi connectivity index (χ3n) is 5.49. The number of methoxy groups -OCH3 is 1. The minimum atomic E-state index is -0.147. The number of hydrogen-bond acceptors (Lipinski definition) is 5. The molecule has 1 fully saturated rings. The SMILES string of the molecule is COc1ccc(N2CCN(C(=O)CN[C@@H](c3ccccc3)c3ccco3)CC2)cc1. The van der Waals surface area contributed by atoms with Gasteiger partial charge in [0.25, 0.3) is 0 Å². The fourth-order valence-corrected chi connectivity index (χ4v) is 3.79. The third kappa shape index (κ3) is 4.66. The summed E-state index contributed by atoms with van der Waals surface area (Å²) in [4.78, 5) is 17.1. The quantitative estimate of drug-likeness (QED) is 0.654. The topological polar surface area (TPSA) is 58.0 Å². The van der Waals surface area contributed by atoms with Gasteiger partial charge in [-0.3, -0.25) is 10.1 Å². The van der Waals surface area contributed by atoms with E-state index in [4.69, 9.17) is 9.15 Å². The van der Waals surface area contributed by atoms with Gasteiger partial charge in [0.15, 0.2) is 0 Å². The lowest BCUT2D eigenvalue weighted by molar-refractivity contribution is -0.130. The first-order valence-electron chi connectivity index (χ1n) is 10.2. The zero-order chi connectivity index (χ0) is 20.8. The van der Waals surface area contributed by atoms with Gasteiger partial charge in [0, 0.05) is 31.9 Å². The summed E-state index contributed by atoms with van der Waals surface area (Å²) in [6.07, 6.45) is 1.66. The Hall–Kier alpha value is -3.25. The molecule has 1 N–H and O–H groups in total. The molecular weight excluding hydrogens is 378 g/mol. The summed E-state index contributed by atoms with van der Waals surface area (Å²) in [7, 11) is 1.67. The Bertz CT molecular complexity index is 918. The molecule has 2 heterocycles. The van der Waals surface area contributed by atoms with Gasteiger partial charge in [0.05, 0.1) is 26.0 Å². The van der Waals surface area contributed by atoms with Crippen molar-refractivity contribution in [1.82, 2.24) is 10.2 Å². The van der Waals surface area contributed by atoms with Gasteiger partial charge in [-0.05, 0) is 42.0 Å². The van der Waals surface area contributed by atoms with E-state index in [-0.39, 0.29) is 18.5 Å². The van der Waals surface area contributed by atoms with Gasteiger partial charge in [-0.15, -0.1) is 0 Å². The minimum absolute atomic E-state index is 0.108. The van der Waals surface area contributed by atoms with Crippen LogP contribution in [0.1, 0.15) is 17.4 Å². The highest BCUT2D eigenvalue weighted by atomic mass is 16.5. The standard InChI is InChI=1S/C24H27N3O3/c1-29-21-11-9-20(10-12-21)26-13-15-27(16-14-26)23(28)18-25-24(22-8-5-17-30-22)19-6-3-2-4-7-19/h2-12,17,24-25H,13-16,18H2,1H3/t24-/m0/s1. The summed E-state index contributed by atoms with van der Waals surface area (Å²) in [5.74, 6) is 1.76. The number of nitrogens with zero attached hydrogens (tertiary/aromatic N) is 2. The Morgan fingerprint density at radius 2 is 1.73 bits per heavy atom. The maximum Gasteiger partial charge on any atom is 0.236 e. The molecule has 1 atom stereocenters. The number of benzene rings is 2. The van der Waals surface area contributed by atoms with Gasteiger partial charge >= 0.3 is 0 Å². The molecule has 30 heavy (non-hydrogen) atoms. The van der Waals surface area contributed by atoms with E-state index in [1.54, 1.807) is 13.4 Å². The highest BCUT2D eigenvalue weighted by Crippen LogP contribution is 2.23. The van der Waals surface area contributed by atoms with Gasteiger partial charge in [0.2, 0.25) is 5.91 Å². The Morgan fingerprint density at radius 1 is 1.00 bits per heavy atom. The molecule has 3 aromatic rings. The van der Waals surface area contributed by atoms with Crippen LogP contribution >= 0.6 is 0 Å². The van der Waals surface area contributed by atoms with Crippen LogP contribution in [0.4, 0.5) is 5.69 Å². The van der Waals surface area contributed by atoms with Crippen molar-refractivity contribution in [3.8, 4) is 5.75 Å². The first kappa shape index (κ1) is 20.0. The summed E-state index contributed by atoms with van der Waals surface area (Å²) in [5, 5.41) is 3.38. The van der Waals surface area contributed by atoms with Crippen LogP contribution in [0.2, 0.25) is 0 Å².